The van der Waals surface area contributed by atoms with Crippen molar-refractivity contribution in [2.75, 3.05) is 36.1 Å². The minimum Gasteiger partial charge on any atom is -0.368 e. The maximum atomic E-state index is 13.1. The van der Waals surface area contributed by atoms with Crippen LogP contribution in [-0.2, 0) is 19.1 Å². The third-order valence-electron chi connectivity index (χ3n) is 5.27. The van der Waals surface area contributed by atoms with E-state index in [-0.39, 0.29) is 30.2 Å². The molecule has 1 N–H and O–H groups in total. The van der Waals surface area contributed by atoms with Crippen LogP contribution in [-0.4, -0.2) is 50.3 Å². The highest BCUT2D eigenvalue weighted by atomic mass is 16.5. The normalized spacial score (nSPS) is 28.3. The van der Waals surface area contributed by atoms with Crippen LogP contribution in [0.3, 0.4) is 0 Å². The van der Waals surface area contributed by atoms with Crippen LogP contribution in [0.25, 0.3) is 0 Å². The first-order chi connectivity index (χ1) is 12.6. The number of amides is 2. The van der Waals surface area contributed by atoms with Crippen LogP contribution in [0, 0.1) is 0 Å². The first-order valence-electron chi connectivity index (χ1n) is 9.28. The minimum atomic E-state index is -0.386. The van der Waals surface area contributed by atoms with Crippen LogP contribution in [0.1, 0.15) is 38.5 Å². The summed E-state index contributed by atoms with van der Waals surface area (Å²) in [4.78, 5) is 28.8. The molecule has 2 saturated heterocycles. The number of carbonyl (C=O) groups excluding carboxylic acids is 2. The summed E-state index contributed by atoms with van der Waals surface area (Å²) in [5, 5.41) is 3.29. The van der Waals surface area contributed by atoms with E-state index in [9.17, 15) is 9.59 Å². The summed E-state index contributed by atoms with van der Waals surface area (Å²) in [5.74, 6) is -0.0396. The Kier molecular flexibility index (Phi) is 4.69. The fourth-order valence-corrected chi connectivity index (χ4v) is 4.08. The number of anilines is 2. The second-order valence-electron chi connectivity index (χ2n) is 7.14. The smallest absolute Gasteiger partial charge is 0.256 e. The number of rotatable bonds is 2. The Hall–Kier alpha value is -1.96. The fourth-order valence-electron chi connectivity index (χ4n) is 4.08. The van der Waals surface area contributed by atoms with Crippen LogP contribution in [0.15, 0.2) is 18.2 Å². The minimum absolute atomic E-state index is 0.0174. The zero-order valence-electron chi connectivity index (χ0n) is 15.2. The molecule has 3 aliphatic heterocycles. The number of carbonyl (C=O) groups is 2. The van der Waals surface area contributed by atoms with E-state index in [1.807, 2.05) is 25.1 Å². The van der Waals surface area contributed by atoms with Gasteiger partial charge in [0.2, 0.25) is 5.91 Å². The van der Waals surface area contributed by atoms with Crippen molar-refractivity contribution in [3.05, 3.63) is 23.8 Å². The van der Waals surface area contributed by atoms with E-state index >= 15 is 0 Å². The van der Waals surface area contributed by atoms with Gasteiger partial charge in [-0.25, -0.2) is 0 Å². The van der Waals surface area contributed by atoms with Gasteiger partial charge in [-0.3, -0.25) is 14.9 Å². The summed E-state index contributed by atoms with van der Waals surface area (Å²) in [6, 6.07) is 5.76. The maximum absolute atomic E-state index is 13.1. The van der Waals surface area contributed by atoms with Crippen LogP contribution in [0.2, 0.25) is 0 Å². The average molecular weight is 359 g/mol. The van der Waals surface area contributed by atoms with Gasteiger partial charge in [-0.2, -0.15) is 0 Å². The third-order valence-corrected chi connectivity index (χ3v) is 5.27. The number of nitrogens with zero attached hydrogens (tertiary/aromatic N) is 2. The molecule has 7 heteroatoms. The molecule has 0 spiro atoms. The monoisotopic (exact) mass is 359 g/mol. The molecule has 3 atom stereocenters. The molecule has 0 aromatic heterocycles. The number of fused-ring (bicyclic) bond motifs is 1. The Labute approximate surface area is 153 Å². The molecule has 3 aliphatic rings. The number of ether oxygens (including phenoxy) is 2. The van der Waals surface area contributed by atoms with Crippen molar-refractivity contribution in [2.45, 2.75) is 45.1 Å². The van der Waals surface area contributed by atoms with Crippen molar-refractivity contribution in [1.29, 1.82) is 0 Å². The highest BCUT2D eigenvalue weighted by Gasteiger charge is 2.37. The SMILES string of the molecule is CC(=O)N1c2ccc(C3NCCO3)cc2N(C(=O)C2CCCO2)C[C@@H]1C. The molecule has 140 valence electrons. The van der Waals surface area contributed by atoms with Crippen molar-refractivity contribution in [2.24, 2.45) is 0 Å². The lowest BCUT2D eigenvalue weighted by molar-refractivity contribution is -0.127. The van der Waals surface area contributed by atoms with Gasteiger partial charge in [-0.05, 0) is 37.5 Å². The summed E-state index contributed by atoms with van der Waals surface area (Å²) in [5.41, 5.74) is 2.49. The molecule has 26 heavy (non-hydrogen) atoms. The number of benzene rings is 1. The summed E-state index contributed by atoms with van der Waals surface area (Å²) in [6.45, 7) is 6.09. The maximum Gasteiger partial charge on any atom is 0.256 e. The molecule has 0 bridgehead atoms. The van der Waals surface area contributed by atoms with E-state index < -0.39 is 0 Å². The van der Waals surface area contributed by atoms with Gasteiger partial charge in [0.25, 0.3) is 5.91 Å². The van der Waals surface area contributed by atoms with Gasteiger partial charge < -0.3 is 19.3 Å². The Bertz CT molecular complexity index is 711. The first kappa shape index (κ1) is 17.5. The molecule has 3 heterocycles. The molecule has 7 nitrogen and oxygen atoms in total. The molecular weight excluding hydrogens is 334 g/mol. The highest BCUT2D eigenvalue weighted by molar-refractivity contribution is 6.05. The van der Waals surface area contributed by atoms with E-state index in [1.165, 1.54) is 0 Å². The lowest BCUT2D eigenvalue weighted by Crippen LogP contribution is -2.53. The van der Waals surface area contributed by atoms with Gasteiger partial charge >= 0.3 is 0 Å². The zero-order chi connectivity index (χ0) is 18.3. The van der Waals surface area contributed by atoms with Crippen molar-refractivity contribution in [1.82, 2.24) is 5.32 Å². The Balaban J connectivity index is 1.74. The van der Waals surface area contributed by atoms with Gasteiger partial charge in [0.1, 0.15) is 12.3 Å². The fraction of sp³-hybridized carbons (Fsp3) is 0.579. The summed E-state index contributed by atoms with van der Waals surface area (Å²) in [7, 11) is 0. The van der Waals surface area contributed by atoms with E-state index in [1.54, 1.807) is 16.7 Å². The average Bonchev–Trinajstić information content (AvgIpc) is 3.33. The topological polar surface area (TPSA) is 71.1 Å². The molecule has 2 unspecified atom stereocenters. The molecule has 1 aromatic rings. The Morgan fingerprint density at radius 2 is 2.04 bits per heavy atom. The van der Waals surface area contributed by atoms with E-state index in [0.29, 0.717) is 19.8 Å². The lowest BCUT2D eigenvalue weighted by Gasteiger charge is -2.41. The van der Waals surface area contributed by atoms with Crippen LogP contribution < -0.4 is 15.1 Å². The van der Waals surface area contributed by atoms with Gasteiger partial charge in [-0.1, -0.05) is 6.07 Å². The largest absolute Gasteiger partial charge is 0.368 e. The molecule has 4 rings (SSSR count). The van der Waals surface area contributed by atoms with Crippen molar-refractivity contribution < 1.29 is 19.1 Å². The number of hydrogen-bond acceptors (Lipinski definition) is 5. The Morgan fingerprint density at radius 1 is 1.19 bits per heavy atom. The summed E-state index contributed by atoms with van der Waals surface area (Å²) in [6.07, 6.45) is 1.10. The van der Waals surface area contributed by atoms with Crippen molar-refractivity contribution in [3.63, 3.8) is 0 Å². The van der Waals surface area contributed by atoms with Crippen molar-refractivity contribution >= 4 is 23.2 Å². The van der Waals surface area contributed by atoms with E-state index in [2.05, 4.69) is 5.32 Å². The van der Waals surface area contributed by atoms with Gasteiger partial charge in [0.05, 0.1) is 24.0 Å². The first-order valence-corrected chi connectivity index (χ1v) is 9.28. The second-order valence-corrected chi connectivity index (χ2v) is 7.14. The molecule has 2 fully saturated rings. The van der Waals surface area contributed by atoms with E-state index in [4.69, 9.17) is 9.47 Å². The molecule has 0 aliphatic carbocycles. The van der Waals surface area contributed by atoms with Crippen LogP contribution in [0.5, 0.6) is 0 Å². The van der Waals surface area contributed by atoms with Gasteiger partial charge in [0.15, 0.2) is 0 Å². The zero-order valence-corrected chi connectivity index (χ0v) is 15.2. The molecule has 2 amide bonds. The summed E-state index contributed by atoms with van der Waals surface area (Å²) < 4.78 is 11.3. The predicted molar refractivity (Wildman–Crippen MR) is 97.1 cm³/mol. The standard InChI is InChI=1S/C19H25N3O4/c1-12-11-21(19(24)17-4-3-8-25-17)16-10-14(18-20-7-9-26-18)5-6-15(16)22(12)13(2)23/h5-6,10,12,17-18,20H,3-4,7-9,11H2,1-2H3/t12-,17?,18?/m0/s1. The second kappa shape index (κ2) is 6.98. The number of hydrogen-bond donors (Lipinski definition) is 1. The Morgan fingerprint density at radius 3 is 2.69 bits per heavy atom. The predicted octanol–water partition coefficient (Wildman–Crippen LogP) is 1.57. The van der Waals surface area contributed by atoms with E-state index in [0.717, 1.165) is 36.3 Å². The van der Waals surface area contributed by atoms with Crippen LogP contribution in [0.4, 0.5) is 11.4 Å². The third kappa shape index (κ3) is 3.00. The highest BCUT2D eigenvalue weighted by Crippen LogP contribution is 2.39. The quantitative estimate of drug-likeness (QED) is 0.868. The molecule has 0 saturated carbocycles. The lowest BCUT2D eigenvalue weighted by atomic mass is 10.0. The van der Waals surface area contributed by atoms with Gasteiger partial charge in [0, 0.05) is 26.6 Å². The van der Waals surface area contributed by atoms with Crippen LogP contribution >= 0.6 is 0 Å². The molecular formula is C19H25N3O4. The summed E-state index contributed by atoms with van der Waals surface area (Å²) >= 11 is 0. The van der Waals surface area contributed by atoms with Gasteiger partial charge in [-0.15, -0.1) is 0 Å². The molecule has 1 aromatic carbocycles. The molecule has 0 radical (unpaired) electrons. The van der Waals surface area contributed by atoms with Crippen molar-refractivity contribution in [3.8, 4) is 0 Å². The number of nitrogens with one attached hydrogen (secondary N) is 1.